The minimum absolute atomic E-state index is 0.118. The van der Waals surface area contributed by atoms with Crippen LogP contribution < -0.4 is 38.5 Å². The number of unbranched alkanes of at least 4 members (excludes halogenated alkanes) is 8. The Labute approximate surface area is 647 Å². The molecule has 4 atom stereocenters. The summed E-state index contributed by atoms with van der Waals surface area (Å²) >= 11 is 3.52. The largest absolute Gasteiger partial charge is 0.468 e. The lowest BCUT2D eigenvalue weighted by molar-refractivity contribution is -0.191. The summed E-state index contributed by atoms with van der Waals surface area (Å²) in [4.78, 5) is 27.8. The number of aryl methyl sites for hydroxylation is 1. The quantitative estimate of drug-likeness (QED) is 0.0275. The first-order valence-corrected chi connectivity index (χ1v) is 42.9. The van der Waals surface area contributed by atoms with E-state index < -0.39 is 40.1 Å². The molecule has 8 aromatic rings. The summed E-state index contributed by atoms with van der Waals surface area (Å²) in [7, 11) is -4.52. The lowest BCUT2D eigenvalue weighted by Crippen LogP contribution is -2.26. The molecule has 108 heavy (non-hydrogen) atoms. The van der Waals surface area contributed by atoms with Crippen LogP contribution in [-0.2, 0) is 68.7 Å². The van der Waals surface area contributed by atoms with E-state index in [9.17, 15) is 38.5 Å². The third-order valence-electron chi connectivity index (χ3n) is 19.4. The van der Waals surface area contributed by atoms with E-state index >= 15 is 0 Å². The van der Waals surface area contributed by atoms with Gasteiger partial charge in [-0.2, -0.15) is 9.59 Å². The Morgan fingerprint density at radius 3 is 1.08 bits per heavy atom. The van der Waals surface area contributed by atoms with Crippen LogP contribution in [0.4, 0.5) is 22.7 Å². The van der Waals surface area contributed by atoms with Crippen molar-refractivity contribution in [3.63, 3.8) is 0 Å². The smallest absolute Gasteiger partial charge is 0.373 e. The maximum atomic E-state index is 13.2. The summed E-state index contributed by atoms with van der Waals surface area (Å²) in [5.41, 5.74) is 10.8. The molecule has 27 heteroatoms. The van der Waals surface area contributed by atoms with E-state index in [-0.39, 0.29) is 30.3 Å². The van der Waals surface area contributed by atoms with Crippen LogP contribution in [0.1, 0.15) is 158 Å². The van der Waals surface area contributed by atoms with Crippen LogP contribution in [0.15, 0.2) is 206 Å². The number of nitrogens with zero attached hydrogens (tertiary/aromatic N) is 4. The van der Waals surface area contributed by atoms with Gasteiger partial charge in [0, 0.05) is 60.1 Å². The molecule has 4 aliphatic rings. The van der Waals surface area contributed by atoms with Crippen molar-refractivity contribution in [2.45, 2.75) is 135 Å². The molecule has 0 saturated carbocycles. The number of para-hydroxylation sites is 3. The zero-order chi connectivity index (χ0) is 78.0. The van der Waals surface area contributed by atoms with E-state index in [0.29, 0.717) is 62.9 Å². The number of sulfonamides is 4. The standard InChI is InChI=1S/C22H30N2O2S.C21H26N2O4S.C19H23BrN2O3S.C18H22N2O3S.CO2/c1-3-4-5-6-7-12-17-23-22-18-13-8-10-15-20(18)24(2)27(25,26)21-16-11-9-14-19(21)22;1-23-19-12-6-4-10-17(19)21(22-14-8-2-3-9-15-27-16-24)18-11-5-7-13-20(18)28(23,25)26;1-13-5-7-15-18(11-13)26(23,24)22(2)17-8-6-14(20)12-16(17)19(15)21-9-4-10-25-3;1-20-16-10-5-3-8-14(16)18(19-12-7-13-23-2)15-9-4-6-11-17(15)24(20,21)22;2-1-3/h8-11,13-16,22-23H,3-7,12,17H2,1-2H3;4-7,10-13,16,21-22H,2-3,8-9,14-15H2,1H3;5-8,11-12,19,21H,4,9-10H2,1-3H3;3-6,8-11,18-19H,7,12-13H2,1-2H3;. The van der Waals surface area contributed by atoms with Crippen molar-refractivity contribution >= 4 is 91.4 Å². The second kappa shape index (κ2) is 41.0. The van der Waals surface area contributed by atoms with Crippen molar-refractivity contribution in [3.8, 4) is 0 Å². The van der Waals surface area contributed by atoms with Crippen molar-refractivity contribution in [2.24, 2.45) is 0 Å². The van der Waals surface area contributed by atoms with Gasteiger partial charge in [0.1, 0.15) is 0 Å². The predicted octanol–water partition coefficient (Wildman–Crippen LogP) is 13.7. The van der Waals surface area contributed by atoms with Crippen LogP contribution in [0.2, 0.25) is 0 Å². The maximum Gasteiger partial charge on any atom is 0.373 e. The van der Waals surface area contributed by atoms with Crippen molar-refractivity contribution in [3.05, 3.63) is 237 Å². The first kappa shape index (κ1) is 85.5. The number of hydrogen-bond donors (Lipinski definition) is 4. The Hall–Kier alpha value is -8.15. The van der Waals surface area contributed by atoms with Gasteiger partial charge in [-0.15, -0.1) is 0 Å². The molecule has 0 saturated heterocycles. The van der Waals surface area contributed by atoms with Gasteiger partial charge >= 0.3 is 6.15 Å². The molecule has 4 unspecified atom stereocenters. The molecule has 4 N–H and O–H groups in total. The molecule has 8 aromatic carbocycles. The van der Waals surface area contributed by atoms with E-state index in [1.807, 2.05) is 146 Å². The van der Waals surface area contributed by atoms with E-state index in [1.165, 1.54) is 49.3 Å². The topological polar surface area (TPSA) is 277 Å². The third kappa shape index (κ3) is 20.6. The molecular weight excluding hydrogens is 1520 g/mol. The normalized spacial score (nSPS) is 17.5. The summed E-state index contributed by atoms with van der Waals surface area (Å²) in [6.07, 6.45) is 13.2. The van der Waals surface area contributed by atoms with Gasteiger partial charge in [0.2, 0.25) is 0 Å². The van der Waals surface area contributed by atoms with E-state index in [4.69, 9.17) is 23.8 Å². The number of ether oxygens (including phenoxy) is 3. The highest BCUT2D eigenvalue weighted by Gasteiger charge is 2.39. The minimum atomic E-state index is -3.62. The number of hydrogen-bond acceptors (Lipinski definition) is 18. The number of carbonyl (C=O) groups is 1. The average molecular weight is 1620 g/mol. The van der Waals surface area contributed by atoms with Gasteiger partial charge in [-0.25, -0.2) is 33.7 Å². The molecule has 0 aliphatic carbocycles. The average Bonchev–Trinajstić information content (AvgIpc) is 1.61. The Morgan fingerprint density at radius 1 is 0.380 bits per heavy atom. The van der Waals surface area contributed by atoms with Gasteiger partial charge < -0.3 is 35.5 Å². The number of fused-ring (bicyclic) bond motifs is 8. The highest BCUT2D eigenvalue weighted by molar-refractivity contribution is 9.10. The fraction of sp³-hybridized carbons (Fsp3) is 0.383. The summed E-state index contributed by atoms with van der Waals surface area (Å²) in [6, 6.07) is 55.5. The van der Waals surface area contributed by atoms with Crippen LogP contribution >= 0.6 is 15.9 Å². The summed E-state index contributed by atoms with van der Waals surface area (Å²) in [6.45, 7) is 9.52. The van der Waals surface area contributed by atoms with Gasteiger partial charge in [-0.1, -0.05) is 189 Å². The lowest BCUT2D eigenvalue weighted by atomic mass is 9.96. The molecule has 12 rings (SSSR count). The molecule has 0 fully saturated rings. The number of benzene rings is 8. The Morgan fingerprint density at radius 2 is 0.694 bits per heavy atom. The predicted molar refractivity (Wildman–Crippen MR) is 428 cm³/mol. The van der Waals surface area contributed by atoms with E-state index in [1.54, 1.807) is 84.9 Å². The van der Waals surface area contributed by atoms with Crippen molar-refractivity contribution in [1.82, 2.24) is 21.3 Å². The molecule has 0 amide bonds. The maximum absolute atomic E-state index is 13.2. The lowest BCUT2D eigenvalue weighted by Gasteiger charge is -2.22. The zero-order valence-electron chi connectivity index (χ0n) is 62.7. The van der Waals surface area contributed by atoms with E-state index in [2.05, 4.69) is 44.1 Å². The van der Waals surface area contributed by atoms with Crippen LogP contribution in [0.3, 0.4) is 0 Å². The highest BCUT2D eigenvalue weighted by Crippen LogP contribution is 2.45. The molecular formula is C81H101BrN8O14S4. The number of anilines is 4. The molecule has 4 heterocycles. The number of carbonyl (C=O) groups excluding carboxylic acids is 3. The van der Waals surface area contributed by atoms with Crippen LogP contribution in [-0.4, -0.2) is 135 Å². The molecule has 580 valence electrons. The van der Waals surface area contributed by atoms with Gasteiger partial charge in [0.25, 0.3) is 46.6 Å². The Bertz CT molecular complexity index is 4800. The Kier molecular flexibility index (Phi) is 32.5. The summed E-state index contributed by atoms with van der Waals surface area (Å²) < 4.78 is 126. The van der Waals surface area contributed by atoms with Gasteiger partial charge in [0.15, 0.2) is 0 Å². The van der Waals surface area contributed by atoms with Crippen molar-refractivity contribution < 1.29 is 62.3 Å². The number of rotatable bonds is 27. The number of halogens is 1. The molecule has 0 radical (unpaired) electrons. The molecule has 22 nitrogen and oxygen atoms in total. The van der Waals surface area contributed by atoms with Crippen LogP contribution in [0.5, 0.6) is 0 Å². The second-order valence-corrected chi connectivity index (χ2v) is 35.1. The summed E-state index contributed by atoms with van der Waals surface area (Å²) in [5.74, 6) is 0. The van der Waals surface area contributed by atoms with Crippen molar-refractivity contribution in [1.29, 1.82) is 0 Å². The zero-order valence-corrected chi connectivity index (χ0v) is 67.5. The fourth-order valence-electron chi connectivity index (χ4n) is 13.8. The number of nitrogens with one attached hydrogen (secondary N) is 4. The summed E-state index contributed by atoms with van der Waals surface area (Å²) in [5, 5.41) is 14.2. The van der Waals surface area contributed by atoms with Crippen molar-refractivity contribution in [2.75, 3.05) is 106 Å². The monoisotopic (exact) mass is 1620 g/mol. The number of methoxy groups -OCH3 is 2. The van der Waals surface area contributed by atoms with Gasteiger partial charge in [0.05, 0.1) is 73.1 Å². The Balaban J connectivity index is 0.000000179. The fourth-order valence-corrected chi connectivity index (χ4v) is 20.0. The van der Waals surface area contributed by atoms with E-state index in [0.717, 1.165) is 131 Å². The first-order chi connectivity index (χ1) is 52.0. The second-order valence-electron chi connectivity index (χ2n) is 26.4. The minimum Gasteiger partial charge on any atom is -0.468 e. The molecule has 0 spiro atoms. The first-order valence-electron chi connectivity index (χ1n) is 36.3. The van der Waals surface area contributed by atoms with Gasteiger partial charge in [-0.3, -0.25) is 22.0 Å². The molecule has 0 bridgehead atoms. The van der Waals surface area contributed by atoms with Crippen LogP contribution in [0, 0.1) is 6.92 Å². The molecule has 0 aromatic heterocycles. The van der Waals surface area contributed by atoms with Crippen LogP contribution in [0.25, 0.3) is 0 Å². The highest BCUT2D eigenvalue weighted by atomic mass is 79.9. The SMILES string of the molecule is CCCCCCCCNC1c2ccccc2N(C)S(=O)(=O)c2ccccc21.CN1c2ccccc2C(NCCCCCCOC=O)c2ccccc2S1(=O)=O.COCCCNC1c2cc(Br)ccc2N(C)S(=O)(=O)c2cc(C)ccc21.COCCCNC1c2ccccc2N(C)S(=O)(=O)c2ccccc21.O=C=O. The third-order valence-corrected chi connectivity index (χ3v) is 27.2. The molecule has 4 aliphatic heterocycles. The van der Waals surface area contributed by atoms with Gasteiger partial charge in [-0.05, 0) is 176 Å².